The van der Waals surface area contributed by atoms with Crippen LogP contribution in [0.15, 0.2) is 40.2 Å². The van der Waals surface area contributed by atoms with Crippen molar-refractivity contribution in [3.05, 3.63) is 50.6 Å². The molecule has 2 heterocycles. The van der Waals surface area contributed by atoms with E-state index in [0.717, 1.165) is 20.7 Å². The number of thiophene rings is 1. The molecular formula is C14H12BrNO2S. The zero-order valence-corrected chi connectivity index (χ0v) is 12.5. The number of carbonyl (C=O) groups is 1. The maximum Gasteiger partial charge on any atom is 0.261 e. The van der Waals surface area contributed by atoms with E-state index in [9.17, 15) is 4.79 Å². The minimum Gasteiger partial charge on any atom is -0.480 e. The number of hydrogen-bond donors (Lipinski definition) is 1. The van der Waals surface area contributed by atoms with Crippen LogP contribution in [-0.2, 0) is 17.8 Å². The number of fused-ring (bicyclic) bond motifs is 1. The van der Waals surface area contributed by atoms with Gasteiger partial charge in [-0.05, 0) is 33.6 Å². The summed E-state index contributed by atoms with van der Waals surface area (Å²) < 4.78 is 6.69. The SMILES string of the molecule is O=C(NCc1cc(Br)cs1)C1Cc2ccccc2O1. The van der Waals surface area contributed by atoms with Gasteiger partial charge in [0.2, 0.25) is 0 Å². The molecule has 0 aliphatic carbocycles. The summed E-state index contributed by atoms with van der Waals surface area (Å²) in [6.45, 7) is 0.547. The van der Waals surface area contributed by atoms with Gasteiger partial charge in [-0.25, -0.2) is 0 Å². The molecule has 1 aromatic carbocycles. The number of halogens is 1. The van der Waals surface area contributed by atoms with Crippen molar-refractivity contribution in [2.45, 2.75) is 19.1 Å². The quantitative estimate of drug-likeness (QED) is 0.934. The lowest BCUT2D eigenvalue weighted by Crippen LogP contribution is -2.36. The maximum atomic E-state index is 12.1. The Morgan fingerprint density at radius 2 is 2.32 bits per heavy atom. The highest BCUT2D eigenvalue weighted by atomic mass is 79.9. The van der Waals surface area contributed by atoms with E-state index in [1.807, 2.05) is 35.7 Å². The molecule has 1 aromatic heterocycles. The van der Waals surface area contributed by atoms with Crippen LogP contribution in [0.5, 0.6) is 5.75 Å². The second-order valence-electron chi connectivity index (χ2n) is 4.37. The Morgan fingerprint density at radius 3 is 3.05 bits per heavy atom. The molecule has 0 saturated carbocycles. The van der Waals surface area contributed by atoms with Crippen molar-refractivity contribution in [3.63, 3.8) is 0 Å². The van der Waals surface area contributed by atoms with Gasteiger partial charge in [-0.15, -0.1) is 11.3 Å². The number of ether oxygens (including phenoxy) is 1. The topological polar surface area (TPSA) is 38.3 Å². The molecule has 1 N–H and O–H groups in total. The standard InChI is InChI=1S/C14H12BrNO2S/c15-10-6-11(19-8-10)7-16-14(17)13-5-9-3-1-2-4-12(9)18-13/h1-4,6,8,13H,5,7H2,(H,16,17). The molecule has 0 spiro atoms. The fraction of sp³-hybridized carbons (Fsp3) is 0.214. The lowest BCUT2D eigenvalue weighted by atomic mass is 10.1. The van der Waals surface area contributed by atoms with E-state index in [2.05, 4.69) is 21.2 Å². The molecule has 0 fully saturated rings. The highest BCUT2D eigenvalue weighted by Gasteiger charge is 2.28. The van der Waals surface area contributed by atoms with Crippen LogP contribution in [0.3, 0.4) is 0 Å². The zero-order valence-electron chi connectivity index (χ0n) is 10.1. The van der Waals surface area contributed by atoms with Gasteiger partial charge >= 0.3 is 0 Å². The summed E-state index contributed by atoms with van der Waals surface area (Å²) in [6, 6.07) is 9.79. The number of amides is 1. The van der Waals surface area contributed by atoms with Crippen molar-refractivity contribution in [3.8, 4) is 5.75 Å². The van der Waals surface area contributed by atoms with Gasteiger partial charge in [0.15, 0.2) is 6.10 Å². The predicted octanol–water partition coefficient (Wildman–Crippen LogP) is 3.13. The summed E-state index contributed by atoms with van der Waals surface area (Å²) in [5.41, 5.74) is 1.10. The summed E-state index contributed by atoms with van der Waals surface area (Å²) in [5.74, 6) is 0.766. The molecule has 1 aliphatic rings. The Hall–Kier alpha value is -1.33. The van der Waals surface area contributed by atoms with Gasteiger partial charge in [-0.2, -0.15) is 0 Å². The number of rotatable bonds is 3. The second kappa shape index (κ2) is 5.35. The fourth-order valence-corrected chi connectivity index (χ4v) is 3.45. The van der Waals surface area contributed by atoms with E-state index < -0.39 is 6.10 Å². The van der Waals surface area contributed by atoms with E-state index >= 15 is 0 Å². The van der Waals surface area contributed by atoms with Gasteiger partial charge in [-0.1, -0.05) is 18.2 Å². The number of benzene rings is 1. The third kappa shape index (κ3) is 2.82. The molecule has 2 aromatic rings. The molecular weight excluding hydrogens is 326 g/mol. The first-order valence-electron chi connectivity index (χ1n) is 5.97. The van der Waals surface area contributed by atoms with Crippen molar-refractivity contribution < 1.29 is 9.53 Å². The first-order valence-corrected chi connectivity index (χ1v) is 7.65. The molecule has 1 amide bonds. The van der Waals surface area contributed by atoms with Crippen LogP contribution in [0.25, 0.3) is 0 Å². The van der Waals surface area contributed by atoms with Crippen molar-refractivity contribution in [2.75, 3.05) is 0 Å². The van der Waals surface area contributed by atoms with Crippen LogP contribution < -0.4 is 10.1 Å². The van der Waals surface area contributed by atoms with Crippen LogP contribution in [0.1, 0.15) is 10.4 Å². The van der Waals surface area contributed by atoms with Crippen molar-refractivity contribution in [1.82, 2.24) is 5.32 Å². The monoisotopic (exact) mass is 337 g/mol. The van der Waals surface area contributed by atoms with Gasteiger partial charge in [0.25, 0.3) is 5.91 Å². The summed E-state index contributed by atoms with van der Waals surface area (Å²) >= 11 is 5.02. The molecule has 98 valence electrons. The minimum atomic E-state index is -0.402. The average molecular weight is 338 g/mol. The largest absolute Gasteiger partial charge is 0.480 e. The lowest BCUT2D eigenvalue weighted by molar-refractivity contribution is -0.127. The molecule has 1 atom stereocenters. The molecule has 5 heteroatoms. The predicted molar refractivity (Wildman–Crippen MR) is 78.4 cm³/mol. The number of carbonyl (C=O) groups excluding carboxylic acids is 1. The highest BCUT2D eigenvalue weighted by Crippen LogP contribution is 2.28. The van der Waals surface area contributed by atoms with Crippen LogP contribution in [0, 0.1) is 0 Å². The highest BCUT2D eigenvalue weighted by molar-refractivity contribution is 9.10. The normalized spacial score (nSPS) is 16.8. The van der Waals surface area contributed by atoms with Crippen LogP contribution in [0.4, 0.5) is 0 Å². The van der Waals surface area contributed by atoms with Gasteiger partial charge in [-0.3, -0.25) is 4.79 Å². The molecule has 3 nitrogen and oxygen atoms in total. The maximum absolute atomic E-state index is 12.1. The zero-order chi connectivity index (χ0) is 13.2. The van der Waals surface area contributed by atoms with E-state index in [4.69, 9.17) is 4.74 Å². The molecule has 0 saturated heterocycles. The summed E-state index contributed by atoms with van der Waals surface area (Å²) in [6.07, 6.45) is 0.247. The second-order valence-corrected chi connectivity index (χ2v) is 6.28. The average Bonchev–Trinajstić information content (AvgIpc) is 3.01. The number of para-hydroxylation sites is 1. The van der Waals surface area contributed by atoms with E-state index in [-0.39, 0.29) is 5.91 Å². The Balaban J connectivity index is 1.58. The van der Waals surface area contributed by atoms with Crippen LogP contribution in [-0.4, -0.2) is 12.0 Å². The first-order chi connectivity index (χ1) is 9.22. The van der Waals surface area contributed by atoms with Crippen molar-refractivity contribution in [1.29, 1.82) is 0 Å². The van der Waals surface area contributed by atoms with Crippen LogP contribution >= 0.6 is 27.3 Å². The van der Waals surface area contributed by atoms with Gasteiger partial charge in [0.05, 0.1) is 6.54 Å². The Kier molecular flexibility index (Phi) is 3.57. The van der Waals surface area contributed by atoms with Gasteiger partial charge < -0.3 is 10.1 Å². The fourth-order valence-electron chi connectivity index (χ4n) is 2.06. The molecule has 19 heavy (non-hydrogen) atoms. The van der Waals surface area contributed by atoms with Gasteiger partial charge in [0, 0.05) is 21.2 Å². The van der Waals surface area contributed by atoms with E-state index in [1.54, 1.807) is 11.3 Å². The van der Waals surface area contributed by atoms with E-state index in [1.165, 1.54) is 0 Å². The van der Waals surface area contributed by atoms with E-state index in [0.29, 0.717) is 13.0 Å². The van der Waals surface area contributed by atoms with Crippen LogP contribution in [0.2, 0.25) is 0 Å². The first kappa shape index (κ1) is 12.7. The Labute approximate surface area is 123 Å². The summed E-state index contributed by atoms with van der Waals surface area (Å²) in [4.78, 5) is 13.2. The minimum absolute atomic E-state index is 0.0549. The molecule has 0 radical (unpaired) electrons. The third-order valence-electron chi connectivity index (χ3n) is 3.00. The lowest BCUT2D eigenvalue weighted by Gasteiger charge is -2.10. The molecule has 3 rings (SSSR count). The molecule has 1 aliphatic heterocycles. The number of nitrogens with one attached hydrogen (secondary N) is 1. The Morgan fingerprint density at radius 1 is 1.47 bits per heavy atom. The summed E-state index contributed by atoms with van der Waals surface area (Å²) in [5, 5.41) is 4.92. The third-order valence-corrected chi connectivity index (χ3v) is 4.70. The van der Waals surface area contributed by atoms with Gasteiger partial charge in [0.1, 0.15) is 5.75 Å². The van der Waals surface area contributed by atoms with Crippen molar-refractivity contribution >= 4 is 33.2 Å². The smallest absolute Gasteiger partial charge is 0.261 e. The molecule has 1 unspecified atom stereocenters. The Bertz CT molecular complexity index is 586. The number of hydrogen-bond acceptors (Lipinski definition) is 3. The van der Waals surface area contributed by atoms with Crippen molar-refractivity contribution in [2.24, 2.45) is 0 Å². The summed E-state index contributed by atoms with van der Waals surface area (Å²) in [7, 11) is 0. The molecule has 0 bridgehead atoms.